The van der Waals surface area contributed by atoms with Crippen LogP contribution in [0.1, 0.15) is 19.8 Å². The average molecular weight is 227 g/mol. The second-order valence-electron chi connectivity index (χ2n) is 3.98. The predicted molar refractivity (Wildman–Crippen MR) is 66.1 cm³/mol. The minimum Gasteiger partial charge on any atom is -0.314 e. The number of hydrogen-bond donors (Lipinski definition) is 1. The maximum Gasteiger partial charge on any atom is 0.109 e. The van der Waals surface area contributed by atoms with Crippen LogP contribution in [0.15, 0.2) is 0 Å². The number of hydrogen-bond acceptors (Lipinski definition) is 4. The fourth-order valence-corrected chi connectivity index (χ4v) is 2.67. The van der Waals surface area contributed by atoms with E-state index in [4.69, 9.17) is 0 Å². The lowest BCUT2D eigenvalue weighted by Crippen LogP contribution is -2.55. The molecule has 86 valence electrons. The number of nitriles is 1. The van der Waals surface area contributed by atoms with E-state index in [0.29, 0.717) is 0 Å². The number of nitrogens with one attached hydrogen (secondary N) is 1. The first kappa shape index (κ1) is 12.8. The van der Waals surface area contributed by atoms with Gasteiger partial charge in [0, 0.05) is 26.2 Å². The van der Waals surface area contributed by atoms with Gasteiger partial charge < -0.3 is 5.32 Å². The minimum atomic E-state index is -0.217. The van der Waals surface area contributed by atoms with Crippen LogP contribution in [0, 0.1) is 11.3 Å². The molecule has 0 aromatic carbocycles. The average Bonchev–Trinajstić information content (AvgIpc) is 2.33. The highest BCUT2D eigenvalue weighted by Crippen LogP contribution is 2.25. The molecule has 1 heterocycles. The van der Waals surface area contributed by atoms with E-state index in [1.807, 2.05) is 11.8 Å². The Morgan fingerprint density at radius 2 is 2.13 bits per heavy atom. The van der Waals surface area contributed by atoms with Crippen molar-refractivity contribution in [1.29, 1.82) is 5.26 Å². The molecule has 0 amide bonds. The molecule has 1 atom stereocenters. The molecule has 1 N–H and O–H groups in total. The molecule has 0 aromatic rings. The Labute approximate surface area is 97.2 Å². The predicted octanol–water partition coefficient (Wildman–Crippen LogP) is 1.32. The van der Waals surface area contributed by atoms with Gasteiger partial charge in [-0.25, -0.2) is 0 Å². The summed E-state index contributed by atoms with van der Waals surface area (Å²) in [5, 5.41) is 12.8. The first-order chi connectivity index (χ1) is 7.29. The molecule has 1 aliphatic heterocycles. The van der Waals surface area contributed by atoms with Crippen molar-refractivity contribution in [1.82, 2.24) is 10.2 Å². The molecular weight excluding hydrogens is 206 g/mol. The highest BCUT2D eigenvalue weighted by molar-refractivity contribution is 7.98. The molecule has 15 heavy (non-hydrogen) atoms. The number of piperazine rings is 1. The molecule has 1 unspecified atom stereocenters. The third-order valence-corrected chi connectivity index (χ3v) is 3.85. The van der Waals surface area contributed by atoms with Gasteiger partial charge in [0.15, 0.2) is 0 Å². The van der Waals surface area contributed by atoms with Gasteiger partial charge in [-0.1, -0.05) is 6.92 Å². The van der Waals surface area contributed by atoms with E-state index in [0.717, 1.165) is 44.8 Å². The van der Waals surface area contributed by atoms with Gasteiger partial charge in [0.25, 0.3) is 0 Å². The van der Waals surface area contributed by atoms with Crippen molar-refractivity contribution in [3.63, 3.8) is 0 Å². The molecule has 0 saturated carbocycles. The van der Waals surface area contributed by atoms with Gasteiger partial charge in [-0.2, -0.15) is 17.0 Å². The largest absolute Gasteiger partial charge is 0.314 e. The highest BCUT2D eigenvalue weighted by Gasteiger charge is 2.35. The lowest BCUT2D eigenvalue weighted by Gasteiger charge is -2.40. The molecule has 1 saturated heterocycles. The van der Waals surface area contributed by atoms with Crippen LogP contribution in [0.2, 0.25) is 0 Å². The fraction of sp³-hybridized carbons (Fsp3) is 0.909. The van der Waals surface area contributed by atoms with Crippen molar-refractivity contribution in [3.05, 3.63) is 0 Å². The topological polar surface area (TPSA) is 39.1 Å². The van der Waals surface area contributed by atoms with Crippen LogP contribution in [-0.4, -0.2) is 48.6 Å². The van der Waals surface area contributed by atoms with E-state index in [1.54, 1.807) is 0 Å². The van der Waals surface area contributed by atoms with Gasteiger partial charge in [-0.05, 0) is 24.9 Å². The van der Waals surface area contributed by atoms with Crippen molar-refractivity contribution in [2.75, 3.05) is 38.2 Å². The van der Waals surface area contributed by atoms with Crippen molar-refractivity contribution < 1.29 is 0 Å². The van der Waals surface area contributed by atoms with Crippen LogP contribution in [0.4, 0.5) is 0 Å². The van der Waals surface area contributed by atoms with Crippen LogP contribution in [0.25, 0.3) is 0 Å². The summed E-state index contributed by atoms with van der Waals surface area (Å²) in [5.74, 6) is 1.07. The molecule has 0 aliphatic carbocycles. The number of rotatable bonds is 5. The van der Waals surface area contributed by atoms with E-state index in [9.17, 15) is 5.26 Å². The van der Waals surface area contributed by atoms with Gasteiger partial charge in [0.1, 0.15) is 5.54 Å². The number of thioether (sulfide) groups is 1. The van der Waals surface area contributed by atoms with Gasteiger partial charge in [0.2, 0.25) is 0 Å². The van der Waals surface area contributed by atoms with E-state index < -0.39 is 0 Å². The SMILES string of the molecule is CCC(C#N)(CCSC)N1CCNCC1. The van der Waals surface area contributed by atoms with Crippen molar-refractivity contribution in [2.45, 2.75) is 25.3 Å². The smallest absolute Gasteiger partial charge is 0.109 e. The third kappa shape index (κ3) is 3.10. The zero-order chi connectivity index (χ0) is 11.1. The van der Waals surface area contributed by atoms with Gasteiger partial charge in [-0.15, -0.1) is 0 Å². The first-order valence-corrected chi connectivity index (χ1v) is 7.04. The fourth-order valence-electron chi connectivity index (χ4n) is 2.13. The number of nitrogens with zero attached hydrogens (tertiary/aromatic N) is 2. The third-order valence-electron chi connectivity index (χ3n) is 3.24. The maximum absolute atomic E-state index is 9.43. The molecule has 1 aliphatic rings. The van der Waals surface area contributed by atoms with Gasteiger partial charge in [-0.3, -0.25) is 4.90 Å². The zero-order valence-electron chi connectivity index (χ0n) is 9.75. The molecule has 0 aromatic heterocycles. The summed E-state index contributed by atoms with van der Waals surface area (Å²) >= 11 is 1.83. The van der Waals surface area contributed by atoms with Crippen LogP contribution in [0.3, 0.4) is 0 Å². The normalized spacial score (nSPS) is 21.9. The van der Waals surface area contributed by atoms with Crippen LogP contribution in [-0.2, 0) is 0 Å². The molecule has 1 fully saturated rings. The molecular formula is C11H21N3S. The van der Waals surface area contributed by atoms with Crippen molar-refractivity contribution in [2.24, 2.45) is 0 Å². The van der Waals surface area contributed by atoms with Crippen LogP contribution in [0.5, 0.6) is 0 Å². The summed E-state index contributed by atoms with van der Waals surface area (Å²) in [5.41, 5.74) is -0.217. The van der Waals surface area contributed by atoms with Gasteiger partial charge >= 0.3 is 0 Å². The van der Waals surface area contributed by atoms with Crippen LogP contribution >= 0.6 is 11.8 Å². The Kier molecular flexibility index (Phi) is 5.44. The second kappa shape index (κ2) is 6.37. The monoisotopic (exact) mass is 227 g/mol. The minimum absolute atomic E-state index is 0.217. The molecule has 0 spiro atoms. The molecule has 4 heteroatoms. The molecule has 3 nitrogen and oxygen atoms in total. The lowest BCUT2D eigenvalue weighted by molar-refractivity contribution is 0.112. The van der Waals surface area contributed by atoms with Crippen LogP contribution < -0.4 is 5.32 Å². The maximum atomic E-state index is 9.43. The van der Waals surface area contributed by atoms with E-state index in [-0.39, 0.29) is 5.54 Å². The summed E-state index contributed by atoms with van der Waals surface area (Å²) in [7, 11) is 0. The van der Waals surface area contributed by atoms with Crippen molar-refractivity contribution in [3.8, 4) is 6.07 Å². The Morgan fingerprint density at radius 1 is 1.47 bits per heavy atom. The lowest BCUT2D eigenvalue weighted by atomic mass is 9.91. The highest BCUT2D eigenvalue weighted by atomic mass is 32.2. The van der Waals surface area contributed by atoms with Gasteiger partial charge in [0.05, 0.1) is 6.07 Å². The summed E-state index contributed by atoms with van der Waals surface area (Å²) in [6.45, 7) is 6.18. The summed E-state index contributed by atoms with van der Waals surface area (Å²) < 4.78 is 0. The summed E-state index contributed by atoms with van der Waals surface area (Å²) in [6, 6.07) is 2.55. The Bertz CT molecular complexity index is 220. The molecule has 1 rings (SSSR count). The molecule has 0 bridgehead atoms. The zero-order valence-corrected chi connectivity index (χ0v) is 10.6. The van der Waals surface area contributed by atoms with Crippen molar-refractivity contribution >= 4 is 11.8 Å². The van der Waals surface area contributed by atoms with E-state index in [1.165, 1.54) is 0 Å². The van der Waals surface area contributed by atoms with E-state index >= 15 is 0 Å². The molecule has 0 radical (unpaired) electrons. The van der Waals surface area contributed by atoms with E-state index in [2.05, 4.69) is 29.5 Å². The standard InChI is InChI=1S/C11H21N3S/c1-3-11(10-12,4-9-15-2)14-7-5-13-6-8-14/h13H,3-9H2,1-2H3. The second-order valence-corrected chi connectivity index (χ2v) is 4.96. The quantitative estimate of drug-likeness (QED) is 0.769. The Morgan fingerprint density at radius 3 is 2.60 bits per heavy atom. The summed E-state index contributed by atoms with van der Waals surface area (Å²) in [6.07, 6.45) is 4.03. The first-order valence-electron chi connectivity index (χ1n) is 5.65. The Hall–Kier alpha value is -0.240. The Balaban J connectivity index is 2.65. The summed E-state index contributed by atoms with van der Waals surface area (Å²) in [4.78, 5) is 2.36.